The van der Waals surface area contributed by atoms with E-state index in [4.69, 9.17) is 23.8 Å². The van der Waals surface area contributed by atoms with Gasteiger partial charge in [-0.1, -0.05) is 34.7 Å². The lowest BCUT2D eigenvalue weighted by Crippen LogP contribution is -2.15. The Morgan fingerprint density at radius 1 is 1.36 bits per heavy atom. The van der Waals surface area contributed by atoms with Gasteiger partial charge in [-0.3, -0.25) is 14.2 Å². The van der Waals surface area contributed by atoms with Gasteiger partial charge in [0.25, 0.3) is 5.56 Å². The SMILES string of the molecule is O=C(CSc1nc2c(sc(=S)n2-c2ccc(Cl)cc2)c(=O)[nH]1)Nc1nccs1. The molecule has 0 spiro atoms. The Kier molecular flexibility index (Phi) is 5.60. The molecule has 2 N–H and O–H groups in total. The van der Waals surface area contributed by atoms with Crippen molar-refractivity contribution in [1.82, 2.24) is 19.5 Å². The van der Waals surface area contributed by atoms with Crippen molar-refractivity contribution >= 4 is 79.6 Å². The Bertz CT molecular complexity index is 1260. The molecule has 0 radical (unpaired) electrons. The maximum atomic E-state index is 12.5. The standard InChI is InChI=1S/C16H10ClN5O2S4/c17-8-1-3-9(4-2-8)22-12-11(28-16(22)25)13(24)21-15(20-12)27-7-10(23)19-14-18-5-6-26-14/h1-6H,7H2,(H,18,19,23)(H,20,21,24). The van der Waals surface area contributed by atoms with Gasteiger partial charge in [-0.05, 0) is 36.5 Å². The third-order valence-electron chi connectivity index (χ3n) is 3.52. The predicted octanol–water partition coefficient (Wildman–Crippen LogP) is 4.35. The molecule has 28 heavy (non-hydrogen) atoms. The number of nitrogens with one attached hydrogen (secondary N) is 2. The van der Waals surface area contributed by atoms with Gasteiger partial charge in [0.1, 0.15) is 4.70 Å². The van der Waals surface area contributed by atoms with E-state index in [-0.39, 0.29) is 17.2 Å². The molecule has 142 valence electrons. The Labute approximate surface area is 180 Å². The van der Waals surface area contributed by atoms with E-state index in [9.17, 15) is 9.59 Å². The van der Waals surface area contributed by atoms with Crippen LogP contribution in [0.2, 0.25) is 5.02 Å². The average Bonchev–Trinajstić information content (AvgIpc) is 3.28. The number of anilines is 1. The predicted molar refractivity (Wildman–Crippen MR) is 117 cm³/mol. The summed E-state index contributed by atoms with van der Waals surface area (Å²) in [6.07, 6.45) is 1.61. The average molecular weight is 468 g/mol. The number of benzene rings is 1. The molecule has 12 heteroatoms. The number of nitrogens with zero attached hydrogens (tertiary/aromatic N) is 3. The number of thioether (sulfide) groups is 1. The van der Waals surface area contributed by atoms with Crippen LogP contribution >= 0.6 is 58.3 Å². The number of carbonyl (C=O) groups is 1. The quantitative estimate of drug-likeness (QED) is 0.257. The molecule has 0 fully saturated rings. The molecule has 0 saturated carbocycles. The lowest BCUT2D eigenvalue weighted by molar-refractivity contribution is -0.113. The van der Waals surface area contributed by atoms with Crippen molar-refractivity contribution in [3.8, 4) is 5.69 Å². The minimum atomic E-state index is -0.295. The molecule has 0 atom stereocenters. The zero-order valence-corrected chi connectivity index (χ0v) is 17.9. The number of aromatic amines is 1. The molecule has 4 rings (SSSR count). The number of halogens is 1. The second kappa shape index (κ2) is 8.13. The highest BCUT2D eigenvalue weighted by Gasteiger charge is 2.15. The molecule has 0 unspecified atom stereocenters. The number of H-pyrrole nitrogens is 1. The number of carbonyl (C=O) groups excluding carboxylic acids is 1. The molecule has 0 aliphatic carbocycles. The number of aromatic nitrogens is 4. The van der Waals surface area contributed by atoms with Gasteiger partial charge < -0.3 is 10.3 Å². The maximum absolute atomic E-state index is 12.5. The first-order chi connectivity index (χ1) is 13.5. The van der Waals surface area contributed by atoms with Crippen molar-refractivity contribution in [1.29, 1.82) is 0 Å². The van der Waals surface area contributed by atoms with E-state index >= 15 is 0 Å². The van der Waals surface area contributed by atoms with E-state index < -0.39 is 0 Å². The largest absolute Gasteiger partial charge is 0.301 e. The first-order valence-electron chi connectivity index (χ1n) is 7.75. The van der Waals surface area contributed by atoms with Crippen LogP contribution in [0, 0.1) is 3.95 Å². The highest BCUT2D eigenvalue weighted by molar-refractivity contribution is 7.99. The molecule has 0 saturated heterocycles. The lowest BCUT2D eigenvalue weighted by atomic mass is 10.3. The molecule has 0 bridgehead atoms. The molecule has 4 aromatic rings. The second-order valence-electron chi connectivity index (χ2n) is 5.38. The third kappa shape index (κ3) is 4.03. The van der Waals surface area contributed by atoms with Gasteiger partial charge in [-0.15, -0.1) is 11.3 Å². The topological polar surface area (TPSA) is 92.7 Å². The van der Waals surface area contributed by atoms with Gasteiger partial charge in [-0.2, -0.15) is 0 Å². The first kappa shape index (κ1) is 19.3. The zero-order valence-electron chi connectivity index (χ0n) is 13.8. The van der Waals surface area contributed by atoms with E-state index in [2.05, 4.69) is 20.3 Å². The van der Waals surface area contributed by atoms with Crippen molar-refractivity contribution in [2.45, 2.75) is 5.16 Å². The van der Waals surface area contributed by atoms with Crippen LogP contribution in [0.1, 0.15) is 0 Å². The number of rotatable bonds is 5. The smallest absolute Gasteiger partial charge is 0.271 e. The summed E-state index contributed by atoms with van der Waals surface area (Å²) in [5.74, 6) is -0.151. The molecule has 0 aliphatic heterocycles. The van der Waals surface area contributed by atoms with Crippen molar-refractivity contribution in [3.05, 3.63) is 55.2 Å². The minimum absolute atomic E-state index is 0.0832. The summed E-state index contributed by atoms with van der Waals surface area (Å²) in [5.41, 5.74) is 0.914. The molecule has 7 nitrogen and oxygen atoms in total. The normalized spacial score (nSPS) is 11.0. The number of thiazole rings is 2. The van der Waals surface area contributed by atoms with E-state index in [1.807, 2.05) is 0 Å². The summed E-state index contributed by atoms with van der Waals surface area (Å²) in [6, 6.07) is 7.10. The fraction of sp³-hybridized carbons (Fsp3) is 0.0625. The summed E-state index contributed by atoms with van der Waals surface area (Å²) < 4.78 is 2.65. The van der Waals surface area contributed by atoms with Crippen molar-refractivity contribution in [2.24, 2.45) is 0 Å². The van der Waals surface area contributed by atoms with Crippen LogP contribution < -0.4 is 10.9 Å². The number of hydrogen-bond donors (Lipinski definition) is 2. The molecular formula is C16H10ClN5O2S4. The molecule has 0 aliphatic rings. The van der Waals surface area contributed by atoms with E-state index in [1.54, 1.807) is 40.4 Å². The van der Waals surface area contributed by atoms with Gasteiger partial charge in [-0.25, -0.2) is 9.97 Å². The van der Waals surface area contributed by atoms with Crippen molar-refractivity contribution < 1.29 is 4.79 Å². The van der Waals surface area contributed by atoms with Crippen LogP contribution in [-0.2, 0) is 4.79 Å². The maximum Gasteiger partial charge on any atom is 0.271 e. The van der Waals surface area contributed by atoms with Crippen LogP contribution in [0.4, 0.5) is 5.13 Å². The fourth-order valence-electron chi connectivity index (χ4n) is 2.35. The third-order valence-corrected chi connectivity index (χ3v) is 6.70. The number of amides is 1. The number of hydrogen-bond acceptors (Lipinski definition) is 8. The molecule has 1 amide bonds. The van der Waals surface area contributed by atoms with E-state index in [0.717, 1.165) is 17.4 Å². The summed E-state index contributed by atoms with van der Waals surface area (Å²) >= 11 is 15.0. The Morgan fingerprint density at radius 3 is 2.86 bits per heavy atom. The van der Waals surface area contributed by atoms with Gasteiger partial charge in [0.05, 0.1) is 5.75 Å². The van der Waals surface area contributed by atoms with Crippen LogP contribution in [0.5, 0.6) is 0 Å². The van der Waals surface area contributed by atoms with Crippen LogP contribution in [0.3, 0.4) is 0 Å². The lowest BCUT2D eigenvalue weighted by Gasteiger charge is -2.06. The summed E-state index contributed by atoms with van der Waals surface area (Å²) in [7, 11) is 0. The monoisotopic (exact) mass is 467 g/mol. The van der Waals surface area contributed by atoms with Gasteiger partial charge in [0.15, 0.2) is 19.9 Å². The minimum Gasteiger partial charge on any atom is -0.301 e. The molecular weight excluding hydrogens is 458 g/mol. The second-order valence-corrected chi connectivity index (χ2v) is 9.32. The Hall–Kier alpha value is -2.05. The highest BCUT2D eigenvalue weighted by Crippen LogP contribution is 2.25. The summed E-state index contributed by atoms with van der Waals surface area (Å²) in [6.45, 7) is 0. The first-order valence-corrected chi connectivity index (χ1v) is 11.2. The van der Waals surface area contributed by atoms with Crippen LogP contribution in [-0.4, -0.2) is 31.2 Å². The van der Waals surface area contributed by atoms with Gasteiger partial charge >= 0.3 is 0 Å². The Morgan fingerprint density at radius 2 is 2.14 bits per heavy atom. The Balaban J connectivity index is 1.64. The molecule has 3 aromatic heterocycles. The van der Waals surface area contributed by atoms with Crippen LogP contribution in [0.15, 0.2) is 45.8 Å². The van der Waals surface area contributed by atoms with Crippen molar-refractivity contribution in [3.63, 3.8) is 0 Å². The fourth-order valence-corrected chi connectivity index (χ4v) is 4.95. The molecule has 1 aromatic carbocycles. The van der Waals surface area contributed by atoms with Crippen molar-refractivity contribution in [2.75, 3.05) is 11.1 Å². The summed E-state index contributed by atoms with van der Waals surface area (Å²) in [5, 5.41) is 5.92. The highest BCUT2D eigenvalue weighted by atomic mass is 35.5. The van der Waals surface area contributed by atoms with Gasteiger partial charge in [0.2, 0.25) is 5.91 Å². The van der Waals surface area contributed by atoms with E-state index in [1.165, 1.54) is 22.7 Å². The summed E-state index contributed by atoms with van der Waals surface area (Å²) in [4.78, 5) is 35.7. The number of fused-ring (bicyclic) bond motifs is 1. The van der Waals surface area contributed by atoms with Crippen LogP contribution in [0.25, 0.3) is 16.0 Å². The molecule has 3 heterocycles. The van der Waals surface area contributed by atoms with Gasteiger partial charge in [0, 0.05) is 22.3 Å². The zero-order chi connectivity index (χ0) is 19.7. The van der Waals surface area contributed by atoms with E-state index in [0.29, 0.717) is 29.6 Å².